The van der Waals surface area contributed by atoms with Crippen molar-refractivity contribution >= 4 is 17.7 Å². The first-order valence-corrected chi connectivity index (χ1v) is 13.0. The van der Waals surface area contributed by atoms with Gasteiger partial charge in [-0.15, -0.1) is 11.8 Å². The third-order valence-corrected chi connectivity index (χ3v) is 6.90. The van der Waals surface area contributed by atoms with Crippen molar-refractivity contribution in [3.05, 3.63) is 71.0 Å². The Hall–Kier alpha value is -2.91. The SMILES string of the molecule is CCOC(=O)COc1ccc(SCc2cc(-c3ccc(C(F)(F)F)cc3)oc2CN(C)C(C)C)cc1C. The van der Waals surface area contributed by atoms with E-state index in [-0.39, 0.29) is 6.61 Å². The Kier molecular flexibility index (Phi) is 9.73. The number of aryl methyl sites for hydroxylation is 1. The number of benzene rings is 2. The van der Waals surface area contributed by atoms with Gasteiger partial charge in [-0.05, 0) is 76.7 Å². The Balaban J connectivity index is 1.77. The van der Waals surface area contributed by atoms with Gasteiger partial charge in [0.15, 0.2) is 6.61 Å². The number of halogens is 3. The Morgan fingerprint density at radius 3 is 2.41 bits per heavy atom. The summed E-state index contributed by atoms with van der Waals surface area (Å²) in [5.74, 6) is 2.14. The third-order valence-electron chi connectivity index (χ3n) is 5.86. The second-order valence-corrected chi connectivity index (χ2v) is 10.0. The fourth-order valence-electron chi connectivity index (χ4n) is 3.47. The Morgan fingerprint density at radius 2 is 1.81 bits per heavy atom. The molecule has 1 aromatic heterocycles. The monoisotopic (exact) mass is 535 g/mol. The number of hydrogen-bond acceptors (Lipinski definition) is 6. The molecule has 0 bridgehead atoms. The molecule has 2 aromatic carbocycles. The maximum atomic E-state index is 13.0. The van der Waals surface area contributed by atoms with Crippen molar-refractivity contribution in [1.29, 1.82) is 0 Å². The van der Waals surface area contributed by atoms with Gasteiger partial charge in [0.1, 0.15) is 17.3 Å². The molecule has 37 heavy (non-hydrogen) atoms. The highest BCUT2D eigenvalue weighted by atomic mass is 32.2. The minimum atomic E-state index is -4.38. The lowest BCUT2D eigenvalue weighted by molar-refractivity contribution is -0.145. The third kappa shape index (κ3) is 8.04. The number of carbonyl (C=O) groups is 1. The summed E-state index contributed by atoms with van der Waals surface area (Å²) in [5.41, 5.74) is 1.78. The zero-order valence-corrected chi connectivity index (χ0v) is 22.5. The smallest absolute Gasteiger partial charge is 0.416 e. The topological polar surface area (TPSA) is 51.9 Å². The van der Waals surface area contributed by atoms with E-state index in [1.807, 2.05) is 38.2 Å². The summed E-state index contributed by atoms with van der Waals surface area (Å²) >= 11 is 1.62. The highest BCUT2D eigenvalue weighted by Crippen LogP contribution is 2.35. The van der Waals surface area contributed by atoms with Crippen LogP contribution in [0.3, 0.4) is 0 Å². The molecule has 0 fully saturated rings. The fourth-order valence-corrected chi connectivity index (χ4v) is 4.46. The van der Waals surface area contributed by atoms with Gasteiger partial charge < -0.3 is 13.9 Å². The van der Waals surface area contributed by atoms with E-state index < -0.39 is 17.7 Å². The van der Waals surface area contributed by atoms with Crippen molar-refractivity contribution in [3.63, 3.8) is 0 Å². The van der Waals surface area contributed by atoms with Crippen molar-refractivity contribution in [2.75, 3.05) is 20.3 Å². The van der Waals surface area contributed by atoms with Crippen LogP contribution < -0.4 is 4.74 Å². The van der Waals surface area contributed by atoms with E-state index in [2.05, 4.69) is 18.7 Å². The van der Waals surface area contributed by atoms with Crippen molar-refractivity contribution in [2.45, 2.75) is 57.1 Å². The molecule has 200 valence electrons. The minimum Gasteiger partial charge on any atom is -0.482 e. The Morgan fingerprint density at radius 1 is 1.11 bits per heavy atom. The van der Waals surface area contributed by atoms with Crippen LogP contribution in [0.15, 0.2) is 57.8 Å². The summed E-state index contributed by atoms with van der Waals surface area (Å²) in [5, 5.41) is 0. The Bertz CT molecular complexity index is 1190. The second kappa shape index (κ2) is 12.6. The molecular weight excluding hydrogens is 503 g/mol. The van der Waals surface area contributed by atoms with Gasteiger partial charge in [0.25, 0.3) is 0 Å². The molecule has 5 nitrogen and oxygen atoms in total. The standard InChI is InChI=1S/C28H32F3NO4S/c1-6-34-27(33)16-35-24-12-11-23(13-19(24)4)37-17-21-14-25(36-26(21)15-32(5)18(2)3)20-7-9-22(10-8-20)28(29,30)31/h7-14,18H,6,15-17H2,1-5H3. The molecule has 0 unspecified atom stereocenters. The minimum absolute atomic E-state index is 0.143. The quantitative estimate of drug-likeness (QED) is 0.189. The molecule has 0 saturated heterocycles. The first-order chi connectivity index (χ1) is 17.5. The number of esters is 1. The molecule has 0 saturated carbocycles. The number of rotatable bonds is 11. The molecule has 0 amide bonds. The number of nitrogens with zero attached hydrogens (tertiary/aromatic N) is 1. The van der Waals surface area contributed by atoms with Crippen molar-refractivity contribution < 1.29 is 31.9 Å². The second-order valence-electron chi connectivity index (χ2n) is 8.95. The van der Waals surface area contributed by atoms with Crippen LogP contribution in [-0.2, 0) is 28.0 Å². The molecule has 1 heterocycles. The molecule has 0 atom stereocenters. The van der Waals surface area contributed by atoms with Gasteiger partial charge in [-0.3, -0.25) is 4.90 Å². The van der Waals surface area contributed by atoms with E-state index in [0.717, 1.165) is 33.9 Å². The van der Waals surface area contributed by atoms with Gasteiger partial charge in [0.2, 0.25) is 0 Å². The number of alkyl halides is 3. The first kappa shape index (κ1) is 28.7. The van der Waals surface area contributed by atoms with Crippen LogP contribution >= 0.6 is 11.8 Å². The zero-order chi connectivity index (χ0) is 27.2. The summed E-state index contributed by atoms with van der Waals surface area (Å²) in [6.07, 6.45) is -4.38. The molecule has 0 spiro atoms. The average Bonchev–Trinajstić information content (AvgIpc) is 3.24. The largest absolute Gasteiger partial charge is 0.482 e. The Labute approximate surface area is 219 Å². The molecule has 3 rings (SSSR count). The number of ether oxygens (including phenoxy) is 2. The van der Waals surface area contributed by atoms with Crippen LogP contribution in [0.25, 0.3) is 11.3 Å². The van der Waals surface area contributed by atoms with Crippen LogP contribution in [0.1, 0.15) is 43.2 Å². The molecule has 3 aromatic rings. The maximum absolute atomic E-state index is 13.0. The van der Waals surface area contributed by atoms with Crippen LogP contribution in [0, 0.1) is 6.92 Å². The predicted octanol–water partition coefficient (Wildman–Crippen LogP) is 7.35. The zero-order valence-electron chi connectivity index (χ0n) is 21.6. The lowest BCUT2D eigenvalue weighted by atomic mass is 10.1. The van der Waals surface area contributed by atoms with E-state index in [9.17, 15) is 18.0 Å². The number of hydrogen-bond donors (Lipinski definition) is 0. The van der Waals surface area contributed by atoms with Crippen molar-refractivity contribution in [2.24, 2.45) is 0 Å². The molecule has 0 N–H and O–H groups in total. The lowest BCUT2D eigenvalue weighted by Crippen LogP contribution is -2.25. The average molecular weight is 536 g/mol. The summed E-state index contributed by atoms with van der Waals surface area (Å²) in [6, 6.07) is 13.0. The van der Waals surface area contributed by atoms with Gasteiger partial charge in [-0.1, -0.05) is 12.1 Å². The molecule has 0 aliphatic heterocycles. The van der Waals surface area contributed by atoms with E-state index in [1.54, 1.807) is 18.7 Å². The van der Waals surface area contributed by atoms with Gasteiger partial charge in [0, 0.05) is 27.8 Å². The van der Waals surface area contributed by atoms with Crippen LogP contribution in [0.5, 0.6) is 5.75 Å². The first-order valence-electron chi connectivity index (χ1n) is 12.0. The van der Waals surface area contributed by atoms with E-state index in [1.165, 1.54) is 12.1 Å². The van der Waals surface area contributed by atoms with Gasteiger partial charge in [-0.25, -0.2) is 4.79 Å². The number of furan rings is 1. The van der Waals surface area contributed by atoms with Crippen LogP contribution in [-0.4, -0.2) is 37.2 Å². The number of thioether (sulfide) groups is 1. The van der Waals surface area contributed by atoms with E-state index in [4.69, 9.17) is 13.9 Å². The highest BCUT2D eigenvalue weighted by Gasteiger charge is 2.30. The maximum Gasteiger partial charge on any atom is 0.416 e. The fraction of sp³-hybridized carbons (Fsp3) is 0.393. The molecule has 0 radical (unpaired) electrons. The molecule has 0 aliphatic rings. The lowest BCUT2D eigenvalue weighted by Gasteiger charge is -2.20. The van der Waals surface area contributed by atoms with Gasteiger partial charge >= 0.3 is 12.1 Å². The van der Waals surface area contributed by atoms with Gasteiger partial charge in [-0.2, -0.15) is 13.2 Å². The van der Waals surface area contributed by atoms with Gasteiger partial charge in [0.05, 0.1) is 18.7 Å². The van der Waals surface area contributed by atoms with Crippen molar-refractivity contribution in [3.8, 4) is 17.1 Å². The summed E-state index contributed by atoms with van der Waals surface area (Å²) in [4.78, 5) is 14.7. The molecular formula is C28H32F3NO4S. The van der Waals surface area contributed by atoms with E-state index in [0.29, 0.717) is 42.0 Å². The van der Waals surface area contributed by atoms with E-state index >= 15 is 0 Å². The van der Waals surface area contributed by atoms with Crippen LogP contribution in [0.2, 0.25) is 0 Å². The molecule has 9 heteroatoms. The summed E-state index contributed by atoms with van der Waals surface area (Å²) in [7, 11) is 2.00. The normalized spacial score (nSPS) is 11.8. The van der Waals surface area contributed by atoms with Crippen molar-refractivity contribution in [1.82, 2.24) is 4.90 Å². The summed E-state index contributed by atoms with van der Waals surface area (Å²) < 4.78 is 55.5. The molecule has 0 aliphatic carbocycles. The number of carbonyl (C=O) groups excluding carboxylic acids is 1. The highest BCUT2D eigenvalue weighted by molar-refractivity contribution is 7.98. The predicted molar refractivity (Wildman–Crippen MR) is 139 cm³/mol. The van der Waals surface area contributed by atoms with Crippen LogP contribution in [0.4, 0.5) is 13.2 Å². The summed E-state index contributed by atoms with van der Waals surface area (Å²) in [6.45, 7) is 8.57.